The molecule has 0 amide bonds. The Morgan fingerprint density at radius 3 is 2.31 bits per heavy atom. The van der Waals surface area contributed by atoms with Crippen LogP contribution in [0.1, 0.15) is 23.1 Å². The fraction of sp³-hybridized carbons (Fsp3) is 0.280. The molecule has 3 aromatic rings. The van der Waals surface area contributed by atoms with Gasteiger partial charge < -0.3 is 14.8 Å². The van der Waals surface area contributed by atoms with Crippen LogP contribution >= 0.6 is 11.6 Å². The zero-order valence-corrected chi connectivity index (χ0v) is 18.0. The Labute approximate surface area is 190 Å². The van der Waals surface area contributed by atoms with Crippen LogP contribution in [-0.4, -0.2) is 19.2 Å². The van der Waals surface area contributed by atoms with Gasteiger partial charge in [0.1, 0.15) is 29.2 Å². The summed E-state index contributed by atoms with van der Waals surface area (Å²) in [5.74, 6) is -2.92. The maximum atomic E-state index is 14.2. The minimum absolute atomic E-state index is 0.315. The first-order chi connectivity index (χ1) is 15.5. The summed E-state index contributed by atoms with van der Waals surface area (Å²) in [6.07, 6.45) is 0.0329. The smallest absolute Gasteiger partial charge is 0.134 e. The van der Waals surface area contributed by atoms with Gasteiger partial charge in [0.2, 0.25) is 0 Å². The van der Waals surface area contributed by atoms with Crippen molar-refractivity contribution in [2.24, 2.45) is 0 Å². The van der Waals surface area contributed by atoms with Gasteiger partial charge in [-0.3, -0.25) is 0 Å². The molecule has 1 aliphatic rings. The lowest BCUT2D eigenvalue weighted by atomic mass is 9.82. The molecule has 1 aliphatic heterocycles. The lowest BCUT2D eigenvalue weighted by molar-refractivity contribution is -0.177. The van der Waals surface area contributed by atoms with Crippen molar-refractivity contribution >= 4 is 11.6 Å². The van der Waals surface area contributed by atoms with E-state index in [1.165, 1.54) is 0 Å². The largest absolute Gasteiger partial charge is 0.369 e. The van der Waals surface area contributed by atoms with E-state index in [1.807, 2.05) is 42.5 Å². The van der Waals surface area contributed by atoms with Crippen molar-refractivity contribution in [2.75, 3.05) is 13.1 Å². The monoisotopic (exact) mass is 461 g/mol. The molecule has 1 fully saturated rings. The number of ether oxygens (including phenoxy) is 2. The van der Waals surface area contributed by atoms with Crippen LogP contribution in [0.2, 0.25) is 5.02 Å². The number of hydrogen-bond donors (Lipinski definition) is 1. The third-order valence-electron chi connectivity index (χ3n) is 5.73. The third kappa shape index (κ3) is 4.99. The van der Waals surface area contributed by atoms with Gasteiger partial charge in [0.15, 0.2) is 0 Å². The lowest BCUT2D eigenvalue weighted by Crippen LogP contribution is -2.54. The molecule has 0 saturated carbocycles. The molecule has 0 bridgehead atoms. The SMILES string of the molecule is Fc1cc(F)c(CO[C@H]2CNCC[C@]2(OCc2ccccc2)c2ccc(Cl)cc2)c(F)c1. The van der Waals surface area contributed by atoms with Crippen LogP contribution in [0.25, 0.3) is 0 Å². The van der Waals surface area contributed by atoms with Gasteiger partial charge in [-0.05, 0) is 36.2 Å². The number of hydrogen-bond acceptors (Lipinski definition) is 3. The van der Waals surface area contributed by atoms with Crippen molar-refractivity contribution in [3.05, 3.63) is 106 Å². The van der Waals surface area contributed by atoms with Crippen LogP contribution in [0.4, 0.5) is 13.2 Å². The normalized spacial score (nSPS) is 20.9. The molecule has 32 heavy (non-hydrogen) atoms. The van der Waals surface area contributed by atoms with E-state index in [0.29, 0.717) is 43.3 Å². The lowest BCUT2D eigenvalue weighted by Gasteiger charge is -2.44. The van der Waals surface area contributed by atoms with Gasteiger partial charge in [0.25, 0.3) is 0 Å². The van der Waals surface area contributed by atoms with Gasteiger partial charge in [-0.1, -0.05) is 54.1 Å². The van der Waals surface area contributed by atoms with Crippen LogP contribution in [0, 0.1) is 17.5 Å². The second kappa shape index (κ2) is 10.0. The average molecular weight is 462 g/mol. The highest BCUT2D eigenvalue weighted by Gasteiger charge is 2.44. The topological polar surface area (TPSA) is 30.5 Å². The first kappa shape index (κ1) is 22.8. The quantitative estimate of drug-likeness (QED) is 0.486. The molecule has 1 heterocycles. The van der Waals surface area contributed by atoms with E-state index < -0.39 is 29.2 Å². The van der Waals surface area contributed by atoms with E-state index in [9.17, 15) is 13.2 Å². The second-order valence-corrected chi connectivity index (χ2v) is 8.21. The minimum atomic E-state index is -0.978. The third-order valence-corrected chi connectivity index (χ3v) is 5.98. The second-order valence-electron chi connectivity index (χ2n) is 7.77. The van der Waals surface area contributed by atoms with E-state index >= 15 is 0 Å². The number of rotatable bonds is 7. The van der Waals surface area contributed by atoms with Crippen LogP contribution in [-0.2, 0) is 28.3 Å². The molecule has 168 valence electrons. The van der Waals surface area contributed by atoms with E-state index in [0.717, 1.165) is 11.1 Å². The molecular formula is C25H23ClF3NO2. The van der Waals surface area contributed by atoms with Gasteiger partial charge in [-0.2, -0.15) is 0 Å². The molecule has 3 aromatic carbocycles. The van der Waals surface area contributed by atoms with Gasteiger partial charge >= 0.3 is 0 Å². The van der Waals surface area contributed by atoms with Crippen LogP contribution in [0.15, 0.2) is 66.7 Å². The summed E-state index contributed by atoms with van der Waals surface area (Å²) in [5.41, 5.74) is 0.682. The first-order valence-electron chi connectivity index (χ1n) is 10.4. The number of benzene rings is 3. The predicted molar refractivity (Wildman–Crippen MR) is 117 cm³/mol. The Bertz CT molecular complexity index is 1030. The van der Waals surface area contributed by atoms with Crippen molar-refractivity contribution in [1.82, 2.24) is 5.32 Å². The summed E-state index contributed by atoms with van der Waals surface area (Å²) >= 11 is 6.10. The highest BCUT2D eigenvalue weighted by Crippen LogP contribution is 2.39. The molecule has 1 saturated heterocycles. The Morgan fingerprint density at radius 1 is 0.938 bits per heavy atom. The van der Waals surface area contributed by atoms with E-state index in [2.05, 4.69) is 5.32 Å². The van der Waals surface area contributed by atoms with E-state index in [-0.39, 0.29) is 12.2 Å². The van der Waals surface area contributed by atoms with Gasteiger partial charge in [0, 0.05) is 29.3 Å². The van der Waals surface area contributed by atoms with Crippen molar-refractivity contribution in [1.29, 1.82) is 0 Å². The highest BCUT2D eigenvalue weighted by atomic mass is 35.5. The molecule has 0 aliphatic carbocycles. The van der Waals surface area contributed by atoms with Crippen LogP contribution in [0.5, 0.6) is 0 Å². The highest BCUT2D eigenvalue weighted by molar-refractivity contribution is 6.30. The zero-order valence-electron chi connectivity index (χ0n) is 17.3. The van der Waals surface area contributed by atoms with Gasteiger partial charge in [-0.25, -0.2) is 13.2 Å². The minimum Gasteiger partial charge on any atom is -0.369 e. The Balaban J connectivity index is 1.63. The molecular weight excluding hydrogens is 439 g/mol. The first-order valence-corrected chi connectivity index (χ1v) is 10.8. The standard InChI is InChI=1S/C25H23ClF3NO2/c26-19-8-6-18(7-9-19)25(32-15-17-4-2-1-3-5-17)10-11-30-14-24(25)31-16-21-22(28)12-20(27)13-23(21)29/h1-9,12-13,24,30H,10-11,14-16H2/t24-,25-/m0/s1. The molecule has 0 spiro atoms. The molecule has 2 atom stereocenters. The molecule has 3 nitrogen and oxygen atoms in total. The predicted octanol–water partition coefficient (Wildman–Crippen LogP) is 5.75. The Morgan fingerprint density at radius 2 is 1.62 bits per heavy atom. The molecule has 7 heteroatoms. The summed E-state index contributed by atoms with van der Waals surface area (Å²) in [5, 5.41) is 3.86. The molecule has 0 aromatic heterocycles. The van der Waals surface area contributed by atoms with E-state index in [4.69, 9.17) is 21.1 Å². The summed E-state index contributed by atoms with van der Waals surface area (Å²) in [6.45, 7) is 1.08. The van der Waals surface area contributed by atoms with E-state index in [1.54, 1.807) is 12.1 Å². The van der Waals surface area contributed by atoms with Crippen molar-refractivity contribution in [2.45, 2.75) is 31.3 Å². The summed E-state index contributed by atoms with van der Waals surface area (Å²) in [6, 6.07) is 18.4. The fourth-order valence-electron chi connectivity index (χ4n) is 4.02. The molecule has 0 radical (unpaired) electrons. The molecule has 1 N–H and O–H groups in total. The maximum absolute atomic E-state index is 14.2. The van der Waals surface area contributed by atoms with Crippen molar-refractivity contribution in [3.8, 4) is 0 Å². The fourth-order valence-corrected chi connectivity index (χ4v) is 4.14. The maximum Gasteiger partial charge on any atom is 0.134 e. The number of piperidine rings is 1. The zero-order chi connectivity index (χ0) is 22.6. The van der Waals surface area contributed by atoms with Crippen LogP contribution < -0.4 is 5.32 Å². The summed E-state index contributed by atoms with van der Waals surface area (Å²) < 4.78 is 54.2. The number of nitrogens with one attached hydrogen (secondary N) is 1. The average Bonchev–Trinajstić information content (AvgIpc) is 2.79. The summed E-state index contributed by atoms with van der Waals surface area (Å²) in [4.78, 5) is 0. The van der Waals surface area contributed by atoms with Crippen molar-refractivity contribution in [3.63, 3.8) is 0 Å². The molecule has 0 unspecified atom stereocenters. The van der Waals surface area contributed by atoms with Crippen LogP contribution in [0.3, 0.4) is 0 Å². The Hall–Kier alpha value is -2.38. The number of halogens is 4. The van der Waals surface area contributed by atoms with Gasteiger partial charge in [-0.15, -0.1) is 0 Å². The van der Waals surface area contributed by atoms with Crippen molar-refractivity contribution < 1.29 is 22.6 Å². The summed E-state index contributed by atoms with van der Waals surface area (Å²) in [7, 11) is 0. The molecule has 4 rings (SSSR count). The Kier molecular flexibility index (Phi) is 7.16. The van der Waals surface area contributed by atoms with Gasteiger partial charge in [0.05, 0.1) is 13.2 Å².